The molecule has 86 valence electrons. The Morgan fingerprint density at radius 2 is 1.93 bits per heavy atom. The van der Waals surface area contributed by atoms with E-state index in [1.54, 1.807) is 0 Å². The Hall–Kier alpha value is -0.230. The van der Waals surface area contributed by atoms with E-state index in [2.05, 4.69) is 10.2 Å². The van der Waals surface area contributed by atoms with Gasteiger partial charge in [-0.05, 0) is 0 Å². The molecule has 0 aromatic carbocycles. The number of ether oxygens (including phenoxy) is 1. The first-order valence-corrected chi connectivity index (χ1v) is 4.12. The van der Waals surface area contributed by atoms with Gasteiger partial charge in [-0.25, -0.2) is 4.79 Å². The van der Waals surface area contributed by atoms with Crippen molar-refractivity contribution >= 4 is 30.8 Å². The second-order valence-electron chi connectivity index (χ2n) is 2.75. The number of nitrogens with one attached hydrogen (secondary N) is 1. The Morgan fingerprint density at radius 1 is 1.36 bits per heavy atom. The zero-order chi connectivity index (χ0) is 8.81. The van der Waals surface area contributed by atoms with Crippen LogP contribution >= 0.6 is 24.8 Å². The third-order valence-corrected chi connectivity index (χ3v) is 1.83. The first-order valence-electron chi connectivity index (χ1n) is 4.12. The van der Waals surface area contributed by atoms with Crippen LogP contribution < -0.4 is 11.1 Å². The highest BCUT2D eigenvalue weighted by atomic mass is 35.5. The minimum Gasteiger partial charge on any atom is -0.379 e. The number of nitrogens with two attached hydrogens (primary N) is 1. The Morgan fingerprint density at radius 3 is 2.43 bits per heavy atom. The van der Waals surface area contributed by atoms with Gasteiger partial charge >= 0.3 is 6.03 Å². The fraction of sp³-hybridized carbons (Fsp3) is 0.857. The Bertz CT molecular complexity index is 154. The average molecular weight is 246 g/mol. The molecule has 1 aliphatic rings. The van der Waals surface area contributed by atoms with Crippen LogP contribution in [0.25, 0.3) is 0 Å². The smallest absolute Gasteiger partial charge is 0.312 e. The molecule has 0 unspecified atom stereocenters. The monoisotopic (exact) mass is 245 g/mol. The van der Waals surface area contributed by atoms with Crippen LogP contribution in [0.1, 0.15) is 0 Å². The summed E-state index contributed by atoms with van der Waals surface area (Å²) < 4.78 is 5.17. The molecule has 2 amide bonds. The van der Waals surface area contributed by atoms with Crippen molar-refractivity contribution in [2.75, 3.05) is 39.4 Å². The van der Waals surface area contributed by atoms with Crippen LogP contribution in [0.4, 0.5) is 4.79 Å². The van der Waals surface area contributed by atoms with E-state index in [0.717, 1.165) is 32.8 Å². The fourth-order valence-corrected chi connectivity index (χ4v) is 1.16. The number of amides is 2. The molecular formula is C7H17Cl2N3O2. The number of carbonyl (C=O) groups is 1. The summed E-state index contributed by atoms with van der Waals surface area (Å²) in [6.45, 7) is 4.94. The number of primary amides is 1. The van der Waals surface area contributed by atoms with Crippen LogP contribution in [0.3, 0.4) is 0 Å². The standard InChI is InChI=1S/C7H15N3O2.2ClH/c8-7(11)9-1-2-10-3-5-12-6-4-10;;/h1-6H2,(H3,8,9,11);2*1H. The summed E-state index contributed by atoms with van der Waals surface area (Å²) in [6, 6.07) is -0.455. The van der Waals surface area contributed by atoms with E-state index in [-0.39, 0.29) is 24.8 Å². The topological polar surface area (TPSA) is 67.6 Å². The molecule has 0 spiro atoms. The van der Waals surface area contributed by atoms with E-state index >= 15 is 0 Å². The van der Waals surface area contributed by atoms with Crippen LogP contribution in [0, 0.1) is 0 Å². The van der Waals surface area contributed by atoms with Gasteiger partial charge in [0.25, 0.3) is 0 Å². The van der Waals surface area contributed by atoms with Gasteiger partial charge in [-0.15, -0.1) is 24.8 Å². The number of morpholine rings is 1. The lowest BCUT2D eigenvalue weighted by molar-refractivity contribution is 0.0387. The van der Waals surface area contributed by atoms with Gasteiger partial charge in [-0.2, -0.15) is 0 Å². The zero-order valence-corrected chi connectivity index (χ0v) is 9.53. The van der Waals surface area contributed by atoms with Crippen molar-refractivity contribution in [3.63, 3.8) is 0 Å². The lowest BCUT2D eigenvalue weighted by Gasteiger charge is -2.26. The first kappa shape index (κ1) is 16.2. The predicted octanol–water partition coefficient (Wildman–Crippen LogP) is -0.170. The van der Waals surface area contributed by atoms with Crippen molar-refractivity contribution < 1.29 is 9.53 Å². The van der Waals surface area contributed by atoms with Gasteiger partial charge < -0.3 is 15.8 Å². The molecule has 0 aliphatic carbocycles. The first-order chi connectivity index (χ1) is 5.79. The van der Waals surface area contributed by atoms with Crippen LogP contribution in [0.15, 0.2) is 0 Å². The molecular weight excluding hydrogens is 229 g/mol. The van der Waals surface area contributed by atoms with E-state index < -0.39 is 6.03 Å². The molecule has 0 saturated carbocycles. The molecule has 1 saturated heterocycles. The van der Waals surface area contributed by atoms with Crippen molar-refractivity contribution in [2.24, 2.45) is 5.73 Å². The number of halogens is 2. The summed E-state index contributed by atoms with van der Waals surface area (Å²) in [7, 11) is 0. The maximum absolute atomic E-state index is 10.3. The molecule has 0 radical (unpaired) electrons. The number of hydrogen-bond donors (Lipinski definition) is 2. The van der Waals surface area contributed by atoms with Crippen LogP contribution in [-0.2, 0) is 4.74 Å². The fourth-order valence-electron chi connectivity index (χ4n) is 1.16. The highest BCUT2D eigenvalue weighted by molar-refractivity contribution is 5.85. The molecule has 7 heteroatoms. The van der Waals surface area contributed by atoms with Gasteiger partial charge in [-0.3, -0.25) is 4.90 Å². The summed E-state index contributed by atoms with van der Waals surface area (Å²) >= 11 is 0. The van der Waals surface area contributed by atoms with Gasteiger partial charge in [0.1, 0.15) is 0 Å². The molecule has 14 heavy (non-hydrogen) atoms. The molecule has 1 aliphatic heterocycles. The highest BCUT2D eigenvalue weighted by Crippen LogP contribution is 1.94. The van der Waals surface area contributed by atoms with Crippen LogP contribution in [0.2, 0.25) is 0 Å². The van der Waals surface area contributed by atoms with E-state index in [0.29, 0.717) is 6.54 Å². The largest absolute Gasteiger partial charge is 0.379 e. The molecule has 0 aromatic rings. The summed E-state index contributed by atoms with van der Waals surface area (Å²) in [5, 5.41) is 2.55. The van der Waals surface area contributed by atoms with Crippen LogP contribution in [0.5, 0.6) is 0 Å². The third-order valence-electron chi connectivity index (χ3n) is 1.83. The maximum atomic E-state index is 10.3. The zero-order valence-electron chi connectivity index (χ0n) is 7.90. The second kappa shape index (κ2) is 9.33. The Labute approximate surface area is 96.2 Å². The molecule has 1 fully saturated rings. The molecule has 0 bridgehead atoms. The molecule has 3 N–H and O–H groups in total. The maximum Gasteiger partial charge on any atom is 0.312 e. The summed E-state index contributed by atoms with van der Waals surface area (Å²) in [6.07, 6.45) is 0. The average Bonchev–Trinajstić information content (AvgIpc) is 2.05. The van der Waals surface area contributed by atoms with Crippen molar-refractivity contribution in [1.82, 2.24) is 10.2 Å². The Kier molecular flexibility index (Phi) is 10.8. The quantitative estimate of drug-likeness (QED) is 0.726. The van der Waals surface area contributed by atoms with E-state index in [9.17, 15) is 4.79 Å². The number of rotatable bonds is 3. The lowest BCUT2D eigenvalue weighted by Crippen LogP contribution is -2.42. The number of urea groups is 1. The van der Waals surface area contributed by atoms with Crippen molar-refractivity contribution in [1.29, 1.82) is 0 Å². The van der Waals surface area contributed by atoms with E-state index in [1.165, 1.54) is 0 Å². The molecule has 0 atom stereocenters. The molecule has 5 nitrogen and oxygen atoms in total. The summed E-state index contributed by atoms with van der Waals surface area (Å²) in [4.78, 5) is 12.5. The number of carbonyl (C=O) groups excluding carboxylic acids is 1. The normalized spacial score (nSPS) is 16.3. The minimum atomic E-state index is -0.455. The van der Waals surface area contributed by atoms with E-state index in [1.807, 2.05) is 0 Å². The van der Waals surface area contributed by atoms with Crippen molar-refractivity contribution in [2.45, 2.75) is 0 Å². The summed E-state index contributed by atoms with van der Waals surface area (Å²) in [5.74, 6) is 0. The third kappa shape index (κ3) is 7.20. The lowest BCUT2D eigenvalue weighted by atomic mass is 10.4. The van der Waals surface area contributed by atoms with Gasteiger partial charge in [0.15, 0.2) is 0 Å². The highest BCUT2D eigenvalue weighted by Gasteiger charge is 2.08. The van der Waals surface area contributed by atoms with E-state index in [4.69, 9.17) is 10.5 Å². The summed E-state index contributed by atoms with van der Waals surface area (Å²) in [5.41, 5.74) is 4.91. The Balaban J connectivity index is 0. The minimum absolute atomic E-state index is 0. The van der Waals surface area contributed by atoms with Crippen molar-refractivity contribution in [3.8, 4) is 0 Å². The van der Waals surface area contributed by atoms with Crippen molar-refractivity contribution in [3.05, 3.63) is 0 Å². The number of hydrogen-bond acceptors (Lipinski definition) is 3. The second-order valence-corrected chi connectivity index (χ2v) is 2.75. The number of nitrogens with zero attached hydrogens (tertiary/aromatic N) is 1. The van der Waals surface area contributed by atoms with Gasteiger partial charge in [-0.1, -0.05) is 0 Å². The van der Waals surface area contributed by atoms with Gasteiger partial charge in [0, 0.05) is 26.2 Å². The van der Waals surface area contributed by atoms with Crippen LogP contribution in [-0.4, -0.2) is 50.3 Å². The SMILES string of the molecule is Cl.Cl.NC(=O)NCCN1CCOCC1. The molecule has 1 heterocycles. The van der Waals surface area contributed by atoms with Gasteiger partial charge in [0.2, 0.25) is 0 Å². The predicted molar refractivity (Wildman–Crippen MR) is 59.3 cm³/mol. The van der Waals surface area contributed by atoms with Gasteiger partial charge in [0.05, 0.1) is 13.2 Å². The molecule has 1 rings (SSSR count). The molecule has 0 aromatic heterocycles.